The van der Waals surface area contributed by atoms with Crippen molar-refractivity contribution in [1.82, 2.24) is 0 Å². The molecule has 10 heteroatoms. The van der Waals surface area contributed by atoms with E-state index in [1.165, 1.54) is 6.07 Å². The molecule has 1 aliphatic carbocycles. The topological polar surface area (TPSA) is 130 Å². The Hall–Kier alpha value is -3.24. The zero-order valence-electron chi connectivity index (χ0n) is 17.8. The maximum Gasteiger partial charge on any atom is 0.282 e. The summed E-state index contributed by atoms with van der Waals surface area (Å²) in [4.78, 5) is 37.7. The first-order valence-electron chi connectivity index (χ1n) is 10.4. The SMILES string of the molecule is CCCCc1ccc(Nc2cc(Br)c(O)c3c2C(=O)c2c(O)c(Br)cc([N+](=O)[O-])c2C3=O)cc1. The van der Waals surface area contributed by atoms with Gasteiger partial charge in [-0.2, -0.15) is 0 Å². The summed E-state index contributed by atoms with van der Waals surface area (Å²) in [7, 11) is 0. The molecule has 0 aromatic heterocycles. The molecule has 0 saturated heterocycles. The minimum atomic E-state index is -0.934. The van der Waals surface area contributed by atoms with E-state index >= 15 is 0 Å². The molecule has 0 unspecified atom stereocenters. The Morgan fingerprint density at radius 3 is 2.06 bits per heavy atom. The number of aromatic hydroxyl groups is 2. The number of unbranched alkanes of at least 4 members (excludes halogenated alkanes) is 1. The van der Waals surface area contributed by atoms with Gasteiger partial charge in [-0.05, 0) is 68.5 Å². The van der Waals surface area contributed by atoms with Crippen LogP contribution in [0.2, 0.25) is 0 Å². The summed E-state index contributed by atoms with van der Waals surface area (Å²) < 4.78 is 0.0305. The van der Waals surface area contributed by atoms with E-state index in [1.807, 2.05) is 24.3 Å². The fraction of sp³-hybridized carbons (Fsp3) is 0.167. The minimum Gasteiger partial charge on any atom is -0.506 e. The Kier molecular flexibility index (Phi) is 6.46. The number of phenols is 2. The number of carbonyl (C=O) groups is 2. The predicted octanol–water partition coefficient (Wildman–Crippen LogP) is 6.39. The first-order valence-corrected chi connectivity index (χ1v) is 11.9. The molecule has 0 bridgehead atoms. The molecular weight excluding hydrogens is 572 g/mol. The van der Waals surface area contributed by atoms with Gasteiger partial charge in [0.25, 0.3) is 5.69 Å². The number of benzene rings is 3. The quantitative estimate of drug-likeness (QED) is 0.135. The number of aryl methyl sites for hydroxylation is 1. The molecule has 0 amide bonds. The molecule has 0 spiro atoms. The van der Waals surface area contributed by atoms with Crippen molar-refractivity contribution >= 4 is 60.5 Å². The summed E-state index contributed by atoms with van der Waals surface area (Å²) in [5.41, 5.74) is -0.276. The summed E-state index contributed by atoms with van der Waals surface area (Å²) in [5, 5.41) is 35.9. The molecule has 0 atom stereocenters. The second-order valence-electron chi connectivity index (χ2n) is 7.82. The molecular formula is C24H18Br2N2O6. The number of nitrogens with one attached hydrogen (secondary N) is 1. The van der Waals surface area contributed by atoms with Gasteiger partial charge in [-0.15, -0.1) is 0 Å². The van der Waals surface area contributed by atoms with Gasteiger partial charge in [0.15, 0.2) is 0 Å². The molecule has 8 nitrogen and oxygen atoms in total. The van der Waals surface area contributed by atoms with Crippen LogP contribution in [0.4, 0.5) is 17.1 Å². The number of ketones is 2. The molecule has 0 saturated carbocycles. The molecule has 174 valence electrons. The van der Waals surface area contributed by atoms with E-state index in [2.05, 4.69) is 44.1 Å². The highest BCUT2D eigenvalue weighted by molar-refractivity contribution is 9.11. The van der Waals surface area contributed by atoms with Gasteiger partial charge < -0.3 is 15.5 Å². The summed E-state index contributed by atoms with van der Waals surface area (Å²) >= 11 is 6.21. The number of nitrogens with zero attached hydrogens (tertiary/aromatic N) is 1. The Balaban J connectivity index is 1.88. The van der Waals surface area contributed by atoms with Crippen LogP contribution in [0.3, 0.4) is 0 Å². The maximum atomic E-state index is 13.5. The van der Waals surface area contributed by atoms with Gasteiger partial charge >= 0.3 is 0 Å². The molecule has 0 radical (unpaired) electrons. The number of anilines is 2. The third-order valence-corrected chi connectivity index (χ3v) is 6.85. The lowest BCUT2D eigenvalue weighted by Crippen LogP contribution is -2.24. The van der Waals surface area contributed by atoms with Crippen LogP contribution in [0.1, 0.15) is 57.2 Å². The summed E-state index contributed by atoms with van der Waals surface area (Å²) in [5.74, 6) is -2.86. The first-order chi connectivity index (χ1) is 16.1. The second-order valence-corrected chi connectivity index (χ2v) is 9.53. The van der Waals surface area contributed by atoms with Crippen molar-refractivity contribution < 1.29 is 24.7 Å². The van der Waals surface area contributed by atoms with Gasteiger partial charge in [-0.3, -0.25) is 19.7 Å². The van der Waals surface area contributed by atoms with Crippen LogP contribution in [0.15, 0.2) is 45.3 Å². The van der Waals surface area contributed by atoms with E-state index in [0.29, 0.717) is 5.69 Å². The predicted molar refractivity (Wildman–Crippen MR) is 133 cm³/mol. The van der Waals surface area contributed by atoms with Crippen molar-refractivity contribution in [3.05, 3.63) is 83.3 Å². The monoisotopic (exact) mass is 588 g/mol. The van der Waals surface area contributed by atoms with Crippen molar-refractivity contribution in [3.63, 3.8) is 0 Å². The fourth-order valence-electron chi connectivity index (χ4n) is 3.96. The van der Waals surface area contributed by atoms with Crippen LogP contribution in [0.5, 0.6) is 11.5 Å². The van der Waals surface area contributed by atoms with Crippen LogP contribution in [-0.2, 0) is 6.42 Å². The number of halogens is 2. The van der Waals surface area contributed by atoms with Gasteiger partial charge in [-0.25, -0.2) is 0 Å². The highest BCUT2D eigenvalue weighted by Crippen LogP contribution is 2.47. The van der Waals surface area contributed by atoms with E-state index in [4.69, 9.17) is 0 Å². The van der Waals surface area contributed by atoms with Crippen LogP contribution in [0, 0.1) is 10.1 Å². The van der Waals surface area contributed by atoms with Crippen molar-refractivity contribution in [1.29, 1.82) is 0 Å². The number of phenolic OH excluding ortho intramolecular Hbond substituents is 2. The van der Waals surface area contributed by atoms with E-state index in [0.717, 1.165) is 30.9 Å². The third-order valence-electron chi connectivity index (χ3n) is 5.64. The smallest absolute Gasteiger partial charge is 0.282 e. The standard InChI is InChI=1S/C24H18Br2N2O6/c1-2-3-4-11-5-7-12(8-6-11)27-15-9-13(25)21(29)19-17(15)23(31)20-18(24(19)32)16(28(33)34)10-14(26)22(20)30/h5-10,27,29-30H,2-4H2,1H3. The Bertz CT molecular complexity index is 1370. The Morgan fingerprint density at radius 2 is 1.47 bits per heavy atom. The number of carbonyl (C=O) groups excluding carboxylic acids is 2. The first kappa shape index (κ1) is 23.9. The molecule has 0 heterocycles. The highest BCUT2D eigenvalue weighted by atomic mass is 79.9. The average molecular weight is 590 g/mol. The van der Waals surface area contributed by atoms with Gasteiger partial charge in [-0.1, -0.05) is 25.5 Å². The zero-order valence-corrected chi connectivity index (χ0v) is 21.0. The molecule has 34 heavy (non-hydrogen) atoms. The summed E-state index contributed by atoms with van der Waals surface area (Å²) in [6.07, 6.45) is 3.08. The zero-order chi connectivity index (χ0) is 24.7. The number of hydrogen-bond acceptors (Lipinski definition) is 7. The van der Waals surface area contributed by atoms with Crippen LogP contribution >= 0.6 is 31.9 Å². The second kappa shape index (κ2) is 9.19. The number of rotatable bonds is 6. The van der Waals surface area contributed by atoms with Crippen molar-refractivity contribution in [2.24, 2.45) is 0 Å². The van der Waals surface area contributed by atoms with Gasteiger partial charge in [0.1, 0.15) is 17.1 Å². The minimum absolute atomic E-state index is 0.0962. The third kappa shape index (κ3) is 3.97. The number of hydrogen-bond donors (Lipinski definition) is 3. The Morgan fingerprint density at radius 1 is 0.912 bits per heavy atom. The van der Waals surface area contributed by atoms with E-state index in [-0.39, 0.29) is 25.8 Å². The lowest BCUT2D eigenvalue weighted by atomic mass is 9.81. The summed E-state index contributed by atoms with van der Waals surface area (Å²) in [6.45, 7) is 2.11. The molecule has 4 rings (SSSR count). The van der Waals surface area contributed by atoms with Gasteiger partial charge in [0.05, 0.1) is 36.2 Å². The Labute approximate surface area is 211 Å². The van der Waals surface area contributed by atoms with Crippen molar-refractivity contribution in [3.8, 4) is 11.5 Å². The van der Waals surface area contributed by atoms with E-state index in [9.17, 15) is 29.9 Å². The van der Waals surface area contributed by atoms with Crippen molar-refractivity contribution in [2.75, 3.05) is 5.32 Å². The average Bonchev–Trinajstić information content (AvgIpc) is 2.80. The molecule has 3 N–H and O–H groups in total. The molecule has 1 aliphatic rings. The van der Waals surface area contributed by atoms with Crippen LogP contribution in [-0.4, -0.2) is 26.7 Å². The lowest BCUT2D eigenvalue weighted by molar-refractivity contribution is -0.385. The van der Waals surface area contributed by atoms with Gasteiger partial charge in [0, 0.05) is 11.8 Å². The largest absolute Gasteiger partial charge is 0.506 e. The lowest BCUT2D eigenvalue weighted by Gasteiger charge is -2.23. The maximum absolute atomic E-state index is 13.5. The molecule has 0 fully saturated rings. The van der Waals surface area contributed by atoms with Crippen molar-refractivity contribution in [2.45, 2.75) is 26.2 Å². The highest BCUT2D eigenvalue weighted by Gasteiger charge is 2.42. The fourth-order valence-corrected chi connectivity index (χ4v) is 4.80. The number of nitro benzene ring substituents is 1. The summed E-state index contributed by atoms with van der Waals surface area (Å²) in [6, 6.07) is 9.97. The van der Waals surface area contributed by atoms with E-state index in [1.54, 1.807) is 0 Å². The number of fused-ring (bicyclic) bond motifs is 2. The van der Waals surface area contributed by atoms with Gasteiger partial charge in [0.2, 0.25) is 11.6 Å². The molecule has 0 aliphatic heterocycles. The van der Waals surface area contributed by atoms with Crippen LogP contribution < -0.4 is 5.32 Å². The van der Waals surface area contributed by atoms with E-state index < -0.39 is 44.8 Å². The number of nitro groups is 1. The molecule has 3 aromatic rings. The van der Waals surface area contributed by atoms with Crippen LogP contribution in [0.25, 0.3) is 0 Å². The normalized spacial score (nSPS) is 12.3. The molecule has 3 aromatic carbocycles.